The van der Waals surface area contributed by atoms with Crippen molar-refractivity contribution in [2.24, 2.45) is 5.92 Å². The molecule has 4 atom stereocenters. The molecule has 2 fully saturated rings. The highest BCUT2D eigenvalue weighted by Gasteiger charge is 2.51. The maximum Gasteiger partial charge on any atom is 0.0741 e. The SMILES string of the molecule is CO[C@@H]1C[C@@H]2CN(Cc3ccccc3)[C@H]1[C@H]2Br. The van der Waals surface area contributed by atoms with Crippen LogP contribution in [-0.2, 0) is 11.3 Å². The molecular formula is C14H18BrNO. The zero-order valence-electron chi connectivity index (χ0n) is 10.1. The third-order valence-electron chi connectivity index (χ3n) is 4.11. The van der Waals surface area contributed by atoms with E-state index in [4.69, 9.17) is 4.74 Å². The zero-order chi connectivity index (χ0) is 11.8. The minimum absolute atomic E-state index is 0.404. The summed E-state index contributed by atoms with van der Waals surface area (Å²) in [6.45, 7) is 2.25. The Bertz CT molecular complexity index is 383. The highest BCUT2D eigenvalue weighted by Crippen LogP contribution is 2.44. The normalized spacial score (nSPS) is 36.6. The maximum atomic E-state index is 5.61. The molecule has 17 heavy (non-hydrogen) atoms. The van der Waals surface area contributed by atoms with Gasteiger partial charge in [-0.1, -0.05) is 46.3 Å². The molecule has 2 bridgehead atoms. The van der Waals surface area contributed by atoms with E-state index in [9.17, 15) is 0 Å². The number of likely N-dealkylation sites (tertiary alicyclic amines) is 1. The van der Waals surface area contributed by atoms with Crippen LogP contribution >= 0.6 is 15.9 Å². The number of rotatable bonds is 3. The summed E-state index contributed by atoms with van der Waals surface area (Å²) in [4.78, 5) is 3.17. The molecule has 1 aliphatic heterocycles. The van der Waals surface area contributed by atoms with Gasteiger partial charge in [-0.2, -0.15) is 0 Å². The first-order valence-corrected chi connectivity index (χ1v) is 7.16. The summed E-state index contributed by atoms with van der Waals surface area (Å²) in [7, 11) is 1.84. The molecule has 1 aromatic rings. The molecule has 3 rings (SSSR count). The first-order chi connectivity index (χ1) is 8.29. The van der Waals surface area contributed by atoms with Crippen molar-refractivity contribution in [3.63, 3.8) is 0 Å². The molecule has 0 radical (unpaired) electrons. The van der Waals surface area contributed by atoms with Gasteiger partial charge in [0.05, 0.1) is 6.10 Å². The Hall–Kier alpha value is -0.380. The lowest BCUT2D eigenvalue weighted by atomic mass is 10.1. The first kappa shape index (κ1) is 11.7. The number of hydrogen-bond acceptors (Lipinski definition) is 2. The Labute approximate surface area is 111 Å². The average Bonchev–Trinajstić information content (AvgIpc) is 2.83. The fraction of sp³-hybridized carbons (Fsp3) is 0.571. The summed E-state index contributed by atoms with van der Waals surface area (Å²) in [6.07, 6.45) is 1.62. The van der Waals surface area contributed by atoms with Crippen molar-refractivity contribution in [3.8, 4) is 0 Å². The molecule has 1 saturated carbocycles. The summed E-state index contributed by atoms with van der Waals surface area (Å²) in [5.74, 6) is 0.758. The number of alkyl halides is 1. The quantitative estimate of drug-likeness (QED) is 0.795. The maximum absolute atomic E-state index is 5.61. The molecule has 0 N–H and O–H groups in total. The van der Waals surface area contributed by atoms with E-state index in [1.165, 1.54) is 18.5 Å². The van der Waals surface area contributed by atoms with Gasteiger partial charge in [0.1, 0.15) is 0 Å². The third-order valence-corrected chi connectivity index (χ3v) is 5.40. The standard InChI is InChI=1S/C14H18BrNO/c1-17-12-7-11-9-16(14(12)13(11)15)8-10-5-3-2-4-6-10/h2-6,11-14H,7-9H2,1H3/t11-,12-,13+,14-/m1/s1. The van der Waals surface area contributed by atoms with Gasteiger partial charge in [0.15, 0.2) is 0 Å². The molecule has 3 heteroatoms. The molecule has 0 aromatic heterocycles. The van der Waals surface area contributed by atoms with E-state index in [1.807, 2.05) is 7.11 Å². The van der Waals surface area contributed by atoms with Gasteiger partial charge in [-0.15, -0.1) is 0 Å². The summed E-state index contributed by atoms with van der Waals surface area (Å²) in [5.41, 5.74) is 1.40. The fourth-order valence-electron chi connectivity index (χ4n) is 3.31. The van der Waals surface area contributed by atoms with Crippen molar-refractivity contribution in [3.05, 3.63) is 35.9 Å². The summed E-state index contributed by atoms with van der Waals surface area (Å²) >= 11 is 3.84. The Balaban J connectivity index is 1.73. The van der Waals surface area contributed by atoms with Crippen molar-refractivity contribution in [2.75, 3.05) is 13.7 Å². The van der Waals surface area contributed by atoms with Crippen LogP contribution in [0.3, 0.4) is 0 Å². The van der Waals surface area contributed by atoms with Crippen LogP contribution in [-0.4, -0.2) is 35.5 Å². The average molecular weight is 296 g/mol. The molecular weight excluding hydrogens is 278 g/mol. The molecule has 2 aliphatic rings. The summed E-state index contributed by atoms with van der Waals surface area (Å²) in [6, 6.07) is 11.3. The van der Waals surface area contributed by atoms with Crippen molar-refractivity contribution >= 4 is 15.9 Å². The second kappa shape index (κ2) is 4.71. The van der Waals surface area contributed by atoms with Crippen molar-refractivity contribution in [2.45, 2.75) is 29.9 Å². The second-order valence-electron chi connectivity index (χ2n) is 5.12. The fourth-order valence-corrected chi connectivity index (χ4v) is 4.37. The number of halogens is 1. The zero-order valence-corrected chi connectivity index (χ0v) is 11.6. The van der Waals surface area contributed by atoms with Gasteiger partial charge >= 0.3 is 0 Å². The number of fused-ring (bicyclic) bond motifs is 2. The van der Waals surface area contributed by atoms with Crippen LogP contribution in [0.15, 0.2) is 30.3 Å². The van der Waals surface area contributed by atoms with Crippen LogP contribution < -0.4 is 0 Å². The number of methoxy groups -OCH3 is 1. The van der Waals surface area contributed by atoms with Gasteiger partial charge in [0, 0.05) is 31.1 Å². The van der Waals surface area contributed by atoms with Gasteiger partial charge < -0.3 is 4.74 Å². The van der Waals surface area contributed by atoms with Gasteiger partial charge in [-0.05, 0) is 17.9 Å². The Kier molecular flexibility index (Phi) is 3.24. The lowest BCUT2D eigenvalue weighted by Gasteiger charge is -2.32. The Morgan fingerprint density at radius 3 is 2.76 bits per heavy atom. The molecule has 2 nitrogen and oxygen atoms in total. The molecule has 0 amide bonds. The summed E-state index contributed by atoms with van der Waals surface area (Å²) in [5, 5.41) is 0. The van der Waals surface area contributed by atoms with Gasteiger partial charge in [0.2, 0.25) is 0 Å². The Morgan fingerprint density at radius 1 is 1.35 bits per heavy atom. The number of piperidine rings is 1. The van der Waals surface area contributed by atoms with Crippen molar-refractivity contribution in [1.82, 2.24) is 4.90 Å². The van der Waals surface area contributed by atoms with Crippen LogP contribution in [0.25, 0.3) is 0 Å². The lowest BCUT2D eigenvalue weighted by molar-refractivity contribution is 0.0172. The number of hydrogen-bond donors (Lipinski definition) is 0. The van der Waals surface area contributed by atoms with Crippen LogP contribution in [0, 0.1) is 5.92 Å². The molecule has 0 spiro atoms. The number of nitrogens with zero attached hydrogens (tertiary/aromatic N) is 1. The molecule has 1 heterocycles. The van der Waals surface area contributed by atoms with Crippen molar-refractivity contribution < 1.29 is 4.74 Å². The first-order valence-electron chi connectivity index (χ1n) is 6.24. The minimum atomic E-state index is 0.404. The molecule has 1 aliphatic carbocycles. The van der Waals surface area contributed by atoms with Gasteiger partial charge in [0.25, 0.3) is 0 Å². The monoisotopic (exact) mass is 295 g/mol. The van der Waals surface area contributed by atoms with Gasteiger partial charge in [-0.3, -0.25) is 4.90 Å². The smallest absolute Gasteiger partial charge is 0.0741 e. The van der Waals surface area contributed by atoms with E-state index in [0.717, 1.165) is 12.5 Å². The van der Waals surface area contributed by atoms with Crippen molar-refractivity contribution in [1.29, 1.82) is 0 Å². The Morgan fingerprint density at radius 2 is 2.12 bits per heavy atom. The van der Waals surface area contributed by atoms with E-state index in [2.05, 4.69) is 51.2 Å². The molecule has 1 aromatic carbocycles. The molecule has 0 unspecified atom stereocenters. The van der Waals surface area contributed by atoms with Crippen LogP contribution in [0.2, 0.25) is 0 Å². The van der Waals surface area contributed by atoms with E-state index in [1.54, 1.807) is 0 Å². The molecule has 92 valence electrons. The number of ether oxygens (including phenoxy) is 1. The van der Waals surface area contributed by atoms with Crippen LogP contribution in [0.5, 0.6) is 0 Å². The topological polar surface area (TPSA) is 12.5 Å². The van der Waals surface area contributed by atoms with Crippen LogP contribution in [0.1, 0.15) is 12.0 Å². The van der Waals surface area contributed by atoms with Crippen LogP contribution in [0.4, 0.5) is 0 Å². The lowest BCUT2D eigenvalue weighted by Crippen LogP contribution is -2.42. The molecule has 1 saturated heterocycles. The van der Waals surface area contributed by atoms with E-state index >= 15 is 0 Å². The van der Waals surface area contributed by atoms with E-state index < -0.39 is 0 Å². The second-order valence-corrected chi connectivity index (χ2v) is 6.18. The van der Waals surface area contributed by atoms with Gasteiger partial charge in [-0.25, -0.2) is 0 Å². The highest BCUT2D eigenvalue weighted by molar-refractivity contribution is 9.09. The number of benzene rings is 1. The van der Waals surface area contributed by atoms with E-state index in [-0.39, 0.29) is 0 Å². The highest BCUT2D eigenvalue weighted by atomic mass is 79.9. The predicted octanol–water partition coefficient (Wildman–Crippen LogP) is 2.67. The van der Waals surface area contributed by atoms with E-state index in [0.29, 0.717) is 17.0 Å². The predicted molar refractivity (Wildman–Crippen MR) is 72.3 cm³/mol. The largest absolute Gasteiger partial charge is 0.380 e. The minimum Gasteiger partial charge on any atom is -0.380 e. The summed E-state index contributed by atoms with van der Waals surface area (Å²) < 4.78 is 5.61. The third kappa shape index (κ3) is 2.05.